The zero-order valence-corrected chi connectivity index (χ0v) is 26.0. The van der Waals surface area contributed by atoms with Gasteiger partial charge in [-0.3, -0.25) is 0 Å². The summed E-state index contributed by atoms with van der Waals surface area (Å²) in [4.78, 5) is 0. The Bertz CT molecular complexity index is 837. The van der Waals surface area contributed by atoms with E-state index in [-0.39, 0.29) is 6.10 Å². The van der Waals surface area contributed by atoms with E-state index in [2.05, 4.69) is 43.3 Å². The Hall–Kier alpha value is -1.90. The third-order valence-electron chi connectivity index (χ3n) is 6.76. The second-order valence-corrected chi connectivity index (χ2v) is 12.4. The summed E-state index contributed by atoms with van der Waals surface area (Å²) in [5, 5.41) is 0. The molecule has 0 bridgehead atoms. The molecule has 220 valence electrons. The maximum Gasteiger partial charge on any atom is 0.500 e. The Balaban J connectivity index is 1.59. The van der Waals surface area contributed by atoms with Gasteiger partial charge in [-0.25, -0.2) is 0 Å². The highest BCUT2D eigenvalue weighted by Crippen LogP contribution is 2.25. The summed E-state index contributed by atoms with van der Waals surface area (Å²) >= 11 is 0. The first kappa shape index (κ1) is 33.3. The quantitative estimate of drug-likeness (QED) is 0.101. The fraction of sp³-hybridized carbons (Fsp3) is 0.625. The molecule has 0 saturated heterocycles. The SMILES string of the molecule is CCO[Si](CCCCCCCCCOc1ccc(-c2ccc(OCC(CC)OC)cc2)cc1)(OCC)OCC. The first-order valence-electron chi connectivity index (χ1n) is 15.0. The van der Waals surface area contributed by atoms with Gasteiger partial charge in [-0.1, -0.05) is 63.3 Å². The highest BCUT2D eigenvalue weighted by atomic mass is 28.4. The van der Waals surface area contributed by atoms with Crippen LogP contribution in [-0.4, -0.2) is 55.1 Å². The van der Waals surface area contributed by atoms with Crippen molar-refractivity contribution < 1.29 is 27.5 Å². The number of methoxy groups -OCH3 is 1. The molecular formula is C32H52O6Si. The smallest absolute Gasteiger partial charge is 0.494 e. The maximum absolute atomic E-state index is 5.97. The van der Waals surface area contributed by atoms with Crippen molar-refractivity contribution in [2.75, 3.05) is 40.1 Å². The Morgan fingerprint density at radius 3 is 1.51 bits per heavy atom. The van der Waals surface area contributed by atoms with E-state index in [9.17, 15) is 0 Å². The lowest BCUT2D eigenvalue weighted by Crippen LogP contribution is -2.45. The first-order chi connectivity index (χ1) is 19.1. The van der Waals surface area contributed by atoms with Crippen LogP contribution >= 0.6 is 0 Å². The molecule has 0 aliphatic heterocycles. The van der Waals surface area contributed by atoms with Crippen molar-refractivity contribution in [2.24, 2.45) is 0 Å². The van der Waals surface area contributed by atoms with E-state index in [1.165, 1.54) is 37.7 Å². The zero-order valence-electron chi connectivity index (χ0n) is 25.0. The summed E-state index contributed by atoms with van der Waals surface area (Å²) in [6, 6.07) is 17.5. The van der Waals surface area contributed by atoms with E-state index in [0.717, 1.165) is 49.0 Å². The molecule has 2 aromatic carbocycles. The molecule has 0 aliphatic carbocycles. The molecular weight excluding hydrogens is 508 g/mol. The number of hydrogen-bond acceptors (Lipinski definition) is 6. The van der Waals surface area contributed by atoms with Crippen LogP contribution in [0.2, 0.25) is 6.04 Å². The summed E-state index contributed by atoms with van der Waals surface area (Å²) in [7, 11) is -0.751. The summed E-state index contributed by atoms with van der Waals surface area (Å²) < 4.78 is 35.0. The van der Waals surface area contributed by atoms with Gasteiger partial charge in [0.15, 0.2) is 0 Å². The minimum absolute atomic E-state index is 0.128. The van der Waals surface area contributed by atoms with E-state index < -0.39 is 8.80 Å². The lowest BCUT2D eigenvalue weighted by molar-refractivity contribution is 0.0556. The molecule has 1 unspecified atom stereocenters. The van der Waals surface area contributed by atoms with Crippen molar-refractivity contribution in [3.05, 3.63) is 48.5 Å². The average molecular weight is 561 g/mol. The molecule has 2 rings (SSSR count). The highest BCUT2D eigenvalue weighted by molar-refractivity contribution is 6.60. The van der Waals surface area contributed by atoms with Crippen LogP contribution in [0.1, 0.15) is 79.1 Å². The average Bonchev–Trinajstić information content (AvgIpc) is 2.96. The van der Waals surface area contributed by atoms with Crippen molar-refractivity contribution in [1.29, 1.82) is 0 Å². The van der Waals surface area contributed by atoms with Gasteiger partial charge in [-0.2, -0.15) is 0 Å². The number of rotatable bonds is 23. The Morgan fingerprint density at radius 2 is 1.05 bits per heavy atom. The molecule has 7 heteroatoms. The fourth-order valence-electron chi connectivity index (χ4n) is 4.55. The van der Waals surface area contributed by atoms with E-state index in [1.807, 2.05) is 32.9 Å². The number of ether oxygens (including phenoxy) is 3. The molecule has 39 heavy (non-hydrogen) atoms. The molecule has 0 aliphatic rings. The van der Waals surface area contributed by atoms with Crippen molar-refractivity contribution in [1.82, 2.24) is 0 Å². The summed E-state index contributed by atoms with van der Waals surface area (Å²) in [6.45, 7) is 11.4. The molecule has 0 spiro atoms. The number of hydrogen-bond donors (Lipinski definition) is 0. The van der Waals surface area contributed by atoms with Gasteiger partial charge in [-0.05, 0) is 75.4 Å². The van der Waals surface area contributed by atoms with E-state index in [0.29, 0.717) is 26.4 Å². The van der Waals surface area contributed by atoms with Crippen molar-refractivity contribution >= 4 is 8.80 Å². The summed E-state index contributed by atoms with van der Waals surface area (Å²) in [5.74, 6) is 1.79. The van der Waals surface area contributed by atoms with E-state index >= 15 is 0 Å². The predicted molar refractivity (Wildman–Crippen MR) is 162 cm³/mol. The fourth-order valence-corrected chi connectivity index (χ4v) is 7.23. The van der Waals surface area contributed by atoms with Gasteiger partial charge in [0.2, 0.25) is 0 Å². The third-order valence-corrected chi connectivity index (χ3v) is 9.91. The molecule has 1 atom stereocenters. The van der Waals surface area contributed by atoms with Crippen LogP contribution in [0.15, 0.2) is 48.5 Å². The van der Waals surface area contributed by atoms with Crippen molar-refractivity contribution in [3.8, 4) is 22.6 Å². The summed E-state index contributed by atoms with van der Waals surface area (Å²) in [5.41, 5.74) is 2.33. The van der Waals surface area contributed by atoms with Gasteiger partial charge in [0.05, 0.1) is 12.7 Å². The van der Waals surface area contributed by atoms with Gasteiger partial charge >= 0.3 is 8.80 Å². The van der Waals surface area contributed by atoms with Crippen LogP contribution in [0, 0.1) is 0 Å². The van der Waals surface area contributed by atoms with Gasteiger partial charge in [0.1, 0.15) is 18.1 Å². The Kier molecular flexibility index (Phi) is 17.1. The minimum atomic E-state index is -2.47. The number of unbranched alkanes of at least 4 members (excludes halogenated alkanes) is 6. The normalized spacial score (nSPS) is 12.4. The minimum Gasteiger partial charge on any atom is -0.494 e. The molecule has 0 radical (unpaired) electrons. The molecule has 0 fully saturated rings. The molecule has 2 aromatic rings. The van der Waals surface area contributed by atoms with Gasteiger partial charge in [0.25, 0.3) is 0 Å². The van der Waals surface area contributed by atoms with Crippen LogP contribution in [0.3, 0.4) is 0 Å². The second kappa shape index (κ2) is 20.0. The van der Waals surface area contributed by atoms with Gasteiger partial charge < -0.3 is 27.5 Å². The highest BCUT2D eigenvalue weighted by Gasteiger charge is 2.39. The Morgan fingerprint density at radius 1 is 0.590 bits per heavy atom. The van der Waals surface area contributed by atoms with Gasteiger partial charge in [0, 0.05) is 33.0 Å². The molecule has 0 N–H and O–H groups in total. The second-order valence-electron chi connectivity index (χ2n) is 9.68. The molecule has 0 aromatic heterocycles. The monoisotopic (exact) mass is 560 g/mol. The van der Waals surface area contributed by atoms with E-state index in [4.69, 9.17) is 27.5 Å². The molecule has 6 nitrogen and oxygen atoms in total. The van der Waals surface area contributed by atoms with Crippen LogP contribution in [0.4, 0.5) is 0 Å². The van der Waals surface area contributed by atoms with Crippen molar-refractivity contribution in [2.45, 2.75) is 91.2 Å². The first-order valence-corrected chi connectivity index (χ1v) is 16.9. The standard InChI is InChI=1S/C32H52O6Si/c1-6-30(33-5)27-35-32-23-19-29(20-24-32)28-17-21-31(22-18-28)34-25-15-13-11-10-12-14-16-26-39(36-7-2,37-8-3)38-9-4/h17-24,30H,6-16,25-27H2,1-5H3. The van der Waals surface area contributed by atoms with Crippen LogP contribution < -0.4 is 9.47 Å². The zero-order chi connectivity index (χ0) is 28.2. The van der Waals surface area contributed by atoms with E-state index in [1.54, 1.807) is 7.11 Å². The lowest BCUT2D eigenvalue weighted by atomic mass is 10.1. The van der Waals surface area contributed by atoms with Crippen LogP contribution in [0.25, 0.3) is 11.1 Å². The predicted octanol–water partition coefficient (Wildman–Crippen LogP) is 8.32. The third kappa shape index (κ3) is 12.9. The largest absolute Gasteiger partial charge is 0.500 e. The molecule has 0 saturated carbocycles. The summed E-state index contributed by atoms with van der Waals surface area (Å²) in [6.07, 6.45) is 9.41. The molecule has 0 amide bonds. The van der Waals surface area contributed by atoms with Crippen LogP contribution in [0.5, 0.6) is 11.5 Å². The van der Waals surface area contributed by atoms with Gasteiger partial charge in [-0.15, -0.1) is 0 Å². The lowest BCUT2D eigenvalue weighted by Gasteiger charge is -2.28. The molecule has 0 heterocycles. The number of benzene rings is 2. The maximum atomic E-state index is 5.97. The topological polar surface area (TPSA) is 55.4 Å². The van der Waals surface area contributed by atoms with Crippen molar-refractivity contribution in [3.63, 3.8) is 0 Å². The van der Waals surface area contributed by atoms with Crippen LogP contribution in [-0.2, 0) is 18.0 Å². The Labute approximate surface area is 238 Å².